The van der Waals surface area contributed by atoms with Crippen molar-refractivity contribution >= 4 is 41.7 Å². The highest BCUT2D eigenvalue weighted by Crippen LogP contribution is 2.44. The van der Waals surface area contributed by atoms with Gasteiger partial charge in [0.1, 0.15) is 0 Å². The molecule has 2 amide bonds. The number of amides is 2. The van der Waals surface area contributed by atoms with Crippen molar-refractivity contribution in [2.45, 2.75) is 24.8 Å². The molecule has 1 unspecified atom stereocenters. The lowest BCUT2D eigenvalue weighted by atomic mass is 9.76. The van der Waals surface area contributed by atoms with Crippen LogP contribution in [0.15, 0.2) is 36.4 Å². The molecule has 6 heteroatoms. The second-order valence-corrected chi connectivity index (χ2v) is 7.01. The molecule has 2 aromatic carbocycles. The molecular weight excluding hydrogens is 359 g/mol. The van der Waals surface area contributed by atoms with Gasteiger partial charge in [0.15, 0.2) is 0 Å². The lowest BCUT2D eigenvalue weighted by Crippen LogP contribution is -2.28. The third kappa shape index (κ3) is 3.51. The Balaban J connectivity index is 2.07. The summed E-state index contributed by atoms with van der Waals surface area (Å²) < 4.78 is 0. The summed E-state index contributed by atoms with van der Waals surface area (Å²) >= 11 is 12.2. The van der Waals surface area contributed by atoms with E-state index in [9.17, 15) is 9.59 Å². The first-order chi connectivity index (χ1) is 12.0. The number of nitrogens with one attached hydrogen (secondary N) is 1. The highest BCUT2D eigenvalue weighted by Gasteiger charge is 2.30. The first kappa shape index (κ1) is 17.8. The average Bonchev–Trinajstić information content (AvgIpc) is 2.62. The number of anilines is 1. The van der Waals surface area contributed by atoms with Crippen LogP contribution in [-0.2, 0) is 9.59 Å². The maximum atomic E-state index is 11.3. The topological polar surface area (TPSA) is 49.4 Å². The van der Waals surface area contributed by atoms with Gasteiger partial charge in [0.2, 0.25) is 12.8 Å². The van der Waals surface area contributed by atoms with Crippen LogP contribution in [0, 0.1) is 0 Å². The lowest BCUT2D eigenvalue weighted by molar-refractivity contribution is -0.119. The monoisotopic (exact) mass is 376 g/mol. The van der Waals surface area contributed by atoms with E-state index in [1.807, 2.05) is 36.4 Å². The van der Waals surface area contributed by atoms with Crippen LogP contribution in [0.4, 0.5) is 5.69 Å². The van der Waals surface area contributed by atoms with Gasteiger partial charge < -0.3 is 10.2 Å². The van der Waals surface area contributed by atoms with E-state index in [1.54, 1.807) is 11.9 Å². The summed E-state index contributed by atoms with van der Waals surface area (Å²) in [7, 11) is 1.78. The minimum Gasteiger partial charge on any atom is -0.341 e. The zero-order chi connectivity index (χ0) is 18.0. The SMILES string of the molecule is CN(C=O)[C@H]1CCC(c2ccc(Cl)c(Cl)c2)c2ccc(NC=O)cc21. The van der Waals surface area contributed by atoms with Gasteiger partial charge in [-0.2, -0.15) is 0 Å². The zero-order valence-electron chi connectivity index (χ0n) is 13.7. The van der Waals surface area contributed by atoms with Crippen molar-refractivity contribution in [3.05, 3.63) is 63.1 Å². The van der Waals surface area contributed by atoms with Crippen LogP contribution in [0.2, 0.25) is 10.0 Å². The molecule has 0 saturated heterocycles. The second-order valence-electron chi connectivity index (χ2n) is 6.20. The molecule has 0 fully saturated rings. The molecule has 1 aliphatic rings. The van der Waals surface area contributed by atoms with E-state index in [1.165, 1.54) is 0 Å². The Kier molecular flexibility index (Phi) is 5.30. The number of rotatable bonds is 5. The van der Waals surface area contributed by atoms with E-state index in [0.717, 1.165) is 35.9 Å². The summed E-state index contributed by atoms with van der Waals surface area (Å²) in [5.41, 5.74) is 4.00. The van der Waals surface area contributed by atoms with E-state index in [0.29, 0.717) is 22.1 Å². The molecule has 2 atom stereocenters. The van der Waals surface area contributed by atoms with Crippen LogP contribution in [0.3, 0.4) is 0 Å². The number of nitrogens with zero attached hydrogens (tertiary/aromatic N) is 1. The van der Waals surface area contributed by atoms with Crippen LogP contribution in [0.1, 0.15) is 41.5 Å². The van der Waals surface area contributed by atoms with E-state index in [4.69, 9.17) is 23.2 Å². The van der Waals surface area contributed by atoms with Crippen LogP contribution in [0.25, 0.3) is 0 Å². The van der Waals surface area contributed by atoms with E-state index >= 15 is 0 Å². The summed E-state index contributed by atoms with van der Waals surface area (Å²) in [5.74, 6) is 0.173. The standard InChI is InChI=1S/C19H18Cl2N2O2/c1-23(11-25)19-7-5-14(12-2-6-17(20)18(21)8-12)15-4-3-13(22-10-24)9-16(15)19/h2-4,6,8-11,14,19H,5,7H2,1H3,(H,22,24)/t14?,19-/m0/s1. The van der Waals surface area contributed by atoms with Gasteiger partial charge in [-0.25, -0.2) is 0 Å². The number of carbonyl (C=O) groups excluding carboxylic acids is 2. The molecule has 4 nitrogen and oxygen atoms in total. The van der Waals surface area contributed by atoms with Crippen LogP contribution >= 0.6 is 23.2 Å². The zero-order valence-corrected chi connectivity index (χ0v) is 15.2. The molecule has 0 aliphatic heterocycles. The first-order valence-corrected chi connectivity index (χ1v) is 8.77. The Bertz CT molecular complexity index is 810. The predicted molar refractivity (Wildman–Crippen MR) is 100 cm³/mol. The number of hydrogen-bond acceptors (Lipinski definition) is 2. The Hall–Kier alpha value is -2.04. The van der Waals surface area contributed by atoms with Gasteiger partial charge in [-0.15, -0.1) is 0 Å². The van der Waals surface area contributed by atoms with E-state index in [2.05, 4.69) is 5.32 Å². The fraction of sp³-hybridized carbons (Fsp3) is 0.263. The summed E-state index contributed by atoms with van der Waals surface area (Å²) in [4.78, 5) is 23.7. The van der Waals surface area contributed by atoms with Crippen molar-refractivity contribution in [3.63, 3.8) is 0 Å². The largest absolute Gasteiger partial charge is 0.341 e. The molecule has 1 aliphatic carbocycles. The molecule has 1 N–H and O–H groups in total. The molecule has 0 aromatic heterocycles. The van der Waals surface area contributed by atoms with Crippen molar-refractivity contribution in [2.75, 3.05) is 12.4 Å². The van der Waals surface area contributed by atoms with Gasteiger partial charge in [-0.1, -0.05) is 35.3 Å². The Morgan fingerprint density at radius 1 is 1.04 bits per heavy atom. The second kappa shape index (κ2) is 7.46. The number of fused-ring (bicyclic) bond motifs is 1. The lowest BCUT2D eigenvalue weighted by Gasteiger charge is -2.36. The maximum absolute atomic E-state index is 11.3. The van der Waals surface area contributed by atoms with Crippen molar-refractivity contribution in [3.8, 4) is 0 Å². The maximum Gasteiger partial charge on any atom is 0.211 e. The summed E-state index contributed by atoms with van der Waals surface area (Å²) in [6.07, 6.45) is 3.22. The molecule has 2 aromatic rings. The normalized spacial score (nSPS) is 19.0. The fourth-order valence-corrected chi connectivity index (χ4v) is 3.85. The van der Waals surface area contributed by atoms with Crippen LogP contribution in [0.5, 0.6) is 0 Å². The van der Waals surface area contributed by atoms with Crippen molar-refractivity contribution in [1.82, 2.24) is 4.90 Å². The minimum absolute atomic E-state index is 0.0140. The van der Waals surface area contributed by atoms with E-state index in [-0.39, 0.29) is 12.0 Å². The summed E-state index contributed by atoms with van der Waals surface area (Å²) in [6.45, 7) is 0. The van der Waals surface area contributed by atoms with Crippen LogP contribution < -0.4 is 5.32 Å². The fourth-order valence-electron chi connectivity index (χ4n) is 3.55. The van der Waals surface area contributed by atoms with Crippen molar-refractivity contribution in [1.29, 1.82) is 0 Å². The molecule has 25 heavy (non-hydrogen) atoms. The van der Waals surface area contributed by atoms with Crippen molar-refractivity contribution in [2.24, 2.45) is 0 Å². The smallest absolute Gasteiger partial charge is 0.211 e. The molecule has 0 heterocycles. The average molecular weight is 377 g/mol. The molecular formula is C19H18Cl2N2O2. The van der Waals surface area contributed by atoms with Gasteiger partial charge in [-0.3, -0.25) is 9.59 Å². The predicted octanol–water partition coefficient (Wildman–Crippen LogP) is 4.62. The van der Waals surface area contributed by atoms with Crippen molar-refractivity contribution < 1.29 is 9.59 Å². The Morgan fingerprint density at radius 3 is 2.52 bits per heavy atom. The van der Waals surface area contributed by atoms with Gasteiger partial charge in [0, 0.05) is 18.7 Å². The Morgan fingerprint density at radius 2 is 1.84 bits per heavy atom. The number of halogens is 2. The summed E-state index contributed by atoms with van der Waals surface area (Å²) in [5, 5.41) is 3.75. The number of carbonyl (C=O) groups is 2. The highest BCUT2D eigenvalue weighted by molar-refractivity contribution is 6.42. The molecule has 0 radical (unpaired) electrons. The summed E-state index contributed by atoms with van der Waals surface area (Å²) in [6, 6.07) is 11.5. The quantitative estimate of drug-likeness (QED) is 0.774. The third-order valence-electron chi connectivity index (χ3n) is 4.78. The molecule has 130 valence electrons. The molecule has 3 rings (SSSR count). The molecule has 0 bridgehead atoms. The highest BCUT2D eigenvalue weighted by atomic mass is 35.5. The Labute approximate surface area is 156 Å². The van der Waals surface area contributed by atoms with Gasteiger partial charge in [-0.05, 0) is 53.8 Å². The molecule has 0 spiro atoms. The third-order valence-corrected chi connectivity index (χ3v) is 5.52. The van der Waals surface area contributed by atoms with Gasteiger partial charge in [0.05, 0.1) is 16.1 Å². The molecule has 0 saturated carbocycles. The number of benzene rings is 2. The van der Waals surface area contributed by atoms with Gasteiger partial charge in [0.25, 0.3) is 0 Å². The number of hydrogen-bond donors (Lipinski definition) is 1. The van der Waals surface area contributed by atoms with Crippen LogP contribution in [-0.4, -0.2) is 24.8 Å². The van der Waals surface area contributed by atoms with E-state index < -0.39 is 0 Å². The van der Waals surface area contributed by atoms with Gasteiger partial charge >= 0.3 is 0 Å². The minimum atomic E-state index is -0.0140. The first-order valence-electron chi connectivity index (χ1n) is 8.01.